The third-order valence-electron chi connectivity index (χ3n) is 2.29. The number of nitrogens with zero attached hydrogens (tertiary/aromatic N) is 1. The Balaban J connectivity index is 2.05. The number of rotatable bonds is 2. The van der Waals surface area contributed by atoms with Crippen molar-refractivity contribution in [3.05, 3.63) is 28.2 Å². The van der Waals surface area contributed by atoms with E-state index in [9.17, 15) is 0 Å². The lowest BCUT2D eigenvalue weighted by Gasteiger charge is -2.07. The SMILES string of the molecule is CCC1CN=C(Nc2cc(Cl)cc(Cl)c2)S1. The Bertz CT molecular complexity index is 400. The summed E-state index contributed by atoms with van der Waals surface area (Å²) in [6, 6.07) is 5.40. The molecule has 2 nitrogen and oxygen atoms in total. The smallest absolute Gasteiger partial charge is 0.161 e. The Morgan fingerprint density at radius 2 is 2.06 bits per heavy atom. The van der Waals surface area contributed by atoms with Gasteiger partial charge in [0.1, 0.15) is 0 Å². The fraction of sp³-hybridized carbons (Fsp3) is 0.364. The molecule has 0 saturated carbocycles. The van der Waals surface area contributed by atoms with Crippen LogP contribution in [0.3, 0.4) is 0 Å². The third kappa shape index (κ3) is 3.06. The second-order valence-corrected chi connectivity index (χ2v) is 5.74. The van der Waals surface area contributed by atoms with E-state index in [0.29, 0.717) is 15.3 Å². The van der Waals surface area contributed by atoms with Crippen LogP contribution < -0.4 is 5.32 Å². The van der Waals surface area contributed by atoms with Crippen molar-refractivity contribution in [2.24, 2.45) is 4.99 Å². The van der Waals surface area contributed by atoms with Gasteiger partial charge in [-0.15, -0.1) is 0 Å². The van der Waals surface area contributed by atoms with Crippen LogP contribution in [0.2, 0.25) is 10.0 Å². The minimum atomic E-state index is 0.595. The maximum atomic E-state index is 5.92. The number of amidine groups is 1. The quantitative estimate of drug-likeness (QED) is 0.870. The van der Waals surface area contributed by atoms with Gasteiger partial charge in [0.15, 0.2) is 5.17 Å². The zero-order valence-electron chi connectivity index (χ0n) is 8.84. The Morgan fingerprint density at radius 1 is 1.38 bits per heavy atom. The predicted molar refractivity (Wildman–Crippen MR) is 74.1 cm³/mol. The average Bonchev–Trinajstić information content (AvgIpc) is 2.64. The summed E-state index contributed by atoms with van der Waals surface area (Å²) >= 11 is 13.6. The molecule has 0 amide bonds. The van der Waals surface area contributed by atoms with Crippen LogP contribution >= 0.6 is 35.0 Å². The monoisotopic (exact) mass is 274 g/mol. The van der Waals surface area contributed by atoms with Gasteiger partial charge in [0.2, 0.25) is 0 Å². The van der Waals surface area contributed by atoms with Crippen LogP contribution in [0, 0.1) is 0 Å². The molecule has 1 aliphatic heterocycles. The first-order valence-electron chi connectivity index (χ1n) is 5.11. The van der Waals surface area contributed by atoms with Crippen molar-refractivity contribution in [3.63, 3.8) is 0 Å². The molecule has 0 aromatic heterocycles. The molecule has 1 heterocycles. The highest BCUT2D eigenvalue weighted by Gasteiger charge is 2.17. The van der Waals surface area contributed by atoms with E-state index in [1.54, 1.807) is 17.8 Å². The van der Waals surface area contributed by atoms with E-state index in [4.69, 9.17) is 23.2 Å². The summed E-state index contributed by atoms with van der Waals surface area (Å²) < 4.78 is 0. The van der Waals surface area contributed by atoms with Crippen molar-refractivity contribution >= 4 is 45.8 Å². The largest absolute Gasteiger partial charge is 0.335 e. The van der Waals surface area contributed by atoms with Crippen molar-refractivity contribution in [1.82, 2.24) is 0 Å². The van der Waals surface area contributed by atoms with Gasteiger partial charge in [-0.2, -0.15) is 0 Å². The van der Waals surface area contributed by atoms with Crippen LogP contribution in [0.4, 0.5) is 5.69 Å². The van der Waals surface area contributed by atoms with E-state index in [1.165, 1.54) is 0 Å². The Labute approximate surface area is 109 Å². The van der Waals surface area contributed by atoms with Crippen molar-refractivity contribution in [2.45, 2.75) is 18.6 Å². The molecule has 0 fully saturated rings. The fourth-order valence-corrected chi connectivity index (χ4v) is 2.93. The highest BCUT2D eigenvalue weighted by Crippen LogP contribution is 2.27. The average molecular weight is 275 g/mol. The van der Waals surface area contributed by atoms with Gasteiger partial charge in [0.05, 0.1) is 6.54 Å². The number of benzene rings is 1. The summed E-state index contributed by atoms with van der Waals surface area (Å²) in [4.78, 5) is 4.42. The summed E-state index contributed by atoms with van der Waals surface area (Å²) in [6.07, 6.45) is 1.13. The molecule has 1 unspecified atom stereocenters. The molecule has 0 bridgehead atoms. The number of hydrogen-bond acceptors (Lipinski definition) is 3. The van der Waals surface area contributed by atoms with Gasteiger partial charge in [-0.3, -0.25) is 4.99 Å². The lowest BCUT2D eigenvalue weighted by molar-refractivity contribution is 0.843. The van der Waals surface area contributed by atoms with E-state index >= 15 is 0 Å². The lowest BCUT2D eigenvalue weighted by atomic mass is 10.3. The zero-order chi connectivity index (χ0) is 11.5. The zero-order valence-corrected chi connectivity index (χ0v) is 11.2. The molecule has 1 aromatic carbocycles. The molecule has 0 spiro atoms. The second kappa shape index (κ2) is 5.30. The molecule has 0 aliphatic carbocycles. The molecule has 0 saturated heterocycles. The number of anilines is 1. The number of hydrogen-bond donors (Lipinski definition) is 1. The second-order valence-electron chi connectivity index (χ2n) is 3.58. The fourth-order valence-electron chi connectivity index (χ4n) is 1.45. The minimum Gasteiger partial charge on any atom is -0.335 e. The minimum absolute atomic E-state index is 0.595. The van der Waals surface area contributed by atoms with Gasteiger partial charge in [-0.1, -0.05) is 41.9 Å². The summed E-state index contributed by atoms with van der Waals surface area (Å²) in [5.74, 6) is 0. The Hall–Kier alpha value is -0.380. The van der Waals surface area contributed by atoms with Crippen LogP contribution in [0.15, 0.2) is 23.2 Å². The molecule has 0 radical (unpaired) electrons. The first kappa shape index (κ1) is 12.1. The highest BCUT2D eigenvalue weighted by molar-refractivity contribution is 8.15. The molecule has 16 heavy (non-hydrogen) atoms. The number of thioether (sulfide) groups is 1. The first-order chi connectivity index (χ1) is 7.67. The molecule has 1 atom stereocenters. The van der Waals surface area contributed by atoms with Crippen LogP contribution in [0.25, 0.3) is 0 Å². The number of aliphatic imine (C=N–C) groups is 1. The lowest BCUT2D eigenvalue weighted by Crippen LogP contribution is -2.06. The van der Waals surface area contributed by atoms with Crippen molar-refractivity contribution in [2.75, 3.05) is 11.9 Å². The summed E-state index contributed by atoms with van der Waals surface area (Å²) in [6.45, 7) is 3.06. The third-order valence-corrected chi connectivity index (χ3v) is 3.99. The summed E-state index contributed by atoms with van der Waals surface area (Å²) in [5.41, 5.74) is 0.889. The Kier molecular flexibility index (Phi) is 4.00. The molecular weight excluding hydrogens is 263 g/mol. The van der Waals surface area contributed by atoms with E-state index in [0.717, 1.165) is 23.8 Å². The van der Waals surface area contributed by atoms with Crippen molar-refractivity contribution < 1.29 is 0 Å². The van der Waals surface area contributed by atoms with Crippen molar-refractivity contribution in [3.8, 4) is 0 Å². The maximum Gasteiger partial charge on any atom is 0.161 e. The number of halogens is 2. The van der Waals surface area contributed by atoms with Crippen LogP contribution in [0.5, 0.6) is 0 Å². The predicted octanol–water partition coefficient (Wildman–Crippen LogP) is 4.29. The van der Waals surface area contributed by atoms with E-state index in [1.807, 2.05) is 12.1 Å². The van der Waals surface area contributed by atoms with Gasteiger partial charge in [-0.05, 0) is 24.6 Å². The summed E-state index contributed by atoms with van der Waals surface area (Å²) in [5, 5.41) is 6.04. The van der Waals surface area contributed by atoms with Gasteiger partial charge >= 0.3 is 0 Å². The molecular formula is C11H12Cl2N2S. The van der Waals surface area contributed by atoms with Gasteiger partial charge in [0, 0.05) is 21.0 Å². The number of nitrogens with one attached hydrogen (secondary N) is 1. The Morgan fingerprint density at radius 3 is 2.62 bits per heavy atom. The van der Waals surface area contributed by atoms with E-state index in [2.05, 4.69) is 17.2 Å². The van der Waals surface area contributed by atoms with Crippen molar-refractivity contribution in [1.29, 1.82) is 0 Å². The topological polar surface area (TPSA) is 24.4 Å². The van der Waals surface area contributed by atoms with Crippen LogP contribution in [-0.4, -0.2) is 17.0 Å². The molecule has 86 valence electrons. The van der Waals surface area contributed by atoms with Crippen LogP contribution in [0.1, 0.15) is 13.3 Å². The molecule has 1 aromatic rings. The van der Waals surface area contributed by atoms with Gasteiger partial charge < -0.3 is 5.32 Å². The molecule has 1 N–H and O–H groups in total. The highest BCUT2D eigenvalue weighted by atomic mass is 35.5. The molecule has 2 rings (SSSR count). The van der Waals surface area contributed by atoms with E-state index < -0.39 is 0 Å². The molecule has 5 heteroatoms. The standard InChI is InChI=1S/C11H12Cl2N2S/c1-2-10-6-14-11(16-10)15-9-4-7(12)3-8(13)5-9/h3-5,10H,2,6H2,1H3,(H,14,15). The van der Waals surface area contributed by atoms with Gasteiger partial charge in [0.25, 0.3) is 0 Å². The maximum absolute atomic E-state index is 5.92. The summed E-state index contributed by atoms with van der Waals surface area (Å²) in [7, 11) is 0. The van der Waals surface area contributed by atoms with Gasteiger partial charge in [-0.25, -0.2) is 0 Å². The van der Waals surface area contributed by atoms with Crippen LogP contribution in [-0.2, 0) is 0 Å². The normalized spacial score (nSPS) is 19.7. The first-order valence-corrected chi connectivity index (χ1v) is 6.75. The molecule has 1 aliphatic rings. The van der Waals surface area contributed by atoms with E-state index in [-0.39, 0.29) is 0 Å².